The van der Waals surface area contributed by atoms with Gasteiger partial charge in [0.15, 0.2) is 0 Å². The lowest BCUT2D eigenvalue weighted by Gasteiger charge is -2.12. The number of benzene rings is 2. The van der Waals surface area contributed by atoms with Gasteiger partial charge in [-0.25, -0.2) is 0 Å². The maximum atomic E-state index is 9.35. The minimum absolute atomic E-state index is 0.0777. The van der Waals surface area contributed by atoms with Crippen molar-refractivity contribution in [1.29, 1.82) is 0 Å². The van der Waals surface area contributed by atoms with Gasteiger partial charge in [0, 0.05) is 11.6 Å². The van der Waals surface area contributed by atoms with E-state index in [1.807, 2.05) is 18.2 Å². The summed E-state index contributed by atoms with van der Waals surface area (Å²) in [6, 6.07) is 11.1. The summed E-state index contributed by atoms with van der Waals surface area (Å²) in [4.78, 5) is 0. The van der Waals surface area contributed by atoms with E-state index < -0.39 is 0 Å². The number of ether oxygens (including phenoxy) is 3. The van der Waals surface area contributed by atoms with Gasteiger partial charge in [-0.1, -0.05) is 6.07 Å². The number of aliphatic hydroxyl groups excluding tert-OH is 1. The summed E-state index contributed by atoms with van der Waals surface area (Å²) in [7, 11) is 3.22. The summed E-state index contributed by atoms with van der Waals surface area (Å²) in [6.07, 6.45) is 0. The molecule has 4 nitrogen and oxygen atoms in total. The van der Waals surface area contributed by atoms with Crippen molar-refractivity contribution < 1.29 is 19.3 Å². The molecule has 0 unspecified atom stereocenters. The molecule has 1 N–H and O–H groups in total. The van der Waals surface area contributed by atoms with Crippen LogP contribution in [0.4, 0.5) is 0 Å². The Labute approximate surface area is 132 Å². The molecule has 0 saturated carbocycles. The molecule has 2 rings (SSSR count). The SMILES string of the molecule is COc1ccc(CO)c(OCc2ccc(OC)c(Br)c2)c1. The van der Waals surface area contributed by atoms with Crippen molar-refractivity contribution in [1.82, 2.24) is 0 Å². The first-order valence-corrected chi connectivity index (χ1v) is 7.20. The van der Waals surface area contributed by atoms with E-state index in [1.165, 1.54) is 0 Å². The fourth-order valence-electron chi connectivity index (χ4n) is 1.89. The minimum Gasteiger partial charge on any atom is -0.497 e. The molecule has 0 aliphatic heterocycles. The first kappa shape index (κ1) is 15.7. The van der Waals surface area contributed by atoms with Crippen molar-refractivity contribution in [3.05, 3.63) is 52.0 Å². The first-order chi connectivity index (χ1) is 10.2. The van der Waals surface area contributed by atoms with Crippen molar-refractivity contribution in [3.63, 3.8) is 0 Å². The van der Waals surface area contributed by atoms with Crippen LogP contribution in [-0.4, -0.2) is 19.3 Å². The van der Waals surface area contributed by atoms with Crippen LogP contribution >= 0.6 is 15.9 Å². The van der Waals surface area contributed by atoms with Crippen molar-refractivity contribution in [2.45, 2.75) is 13.2 Å². The molecule has 0 aliphatic rings. The van der Waals surface area contributed by atoms with Crippen LogP contribution in [0.1, 0.15) is 11.1 Å². The van der Waals surface area contributed by atoms with Gasteiger partial charge >= 0.3 is 0 Å². The Morgan fingerprint density at radius 1 is 1.00 bits per heavy atom. The van der Waals surface area contributed by atoms with E-state index >= 15 is 0 Å². The Morgan fingerprint density at radius 2 is 1.81 bits per heavy atom. The van der Waals surface area contributed by atoms with Crippen LogP contribution in [0.25, 0.3) is 0 Å². The van der Waals surface area contributed by atoms with Crippen molar-refractivity contribution in [2.24, 2.45) is 0 Å². The lowest BCUT2D eigenvalue weighted by atomic mass is 10.2. The van der Waals surface area contributed by atoms with Gasteiger partial charge in [0.2, 0.25) is 0 Å². The quantitative estimate of drug-likeness (QED) is 0.863. The van der Waals surface area contributed by atoms with Gasteiger partial charge in [0.1, 0.15) is 23.9 Å². The second-order valence-corrected chi connectivity index (χ2v) is 5.24. The Bertz CT molecular complexity index is 613. The average molecular weight is 353 g/mol. The van der Waals surface area contributed by atoms with Crippen LogP contribution in [0.3, 0.4) is 0 Å². The lowest BCUT2D eigenvalue weighted by molar-refractivity contribution is 0.258. The molecule has 0 aliphatic carbocycles. The zero-order valence-electron chi connectivity index (χ0n) is 11.9. The Hall–Kier alpha value is -1.72. The summed E-state index contributed by atoms with van der Waals surface area (Å²) < 4.78 is 17.0. The van der Waals surface area contributed by atoms with Crippen LogP contribution in [0.5, 0.6) is 17.2 Å². The molecule has 0 spiro atoms. The third-order valence-corrected chi connectivity index (χ3v) is 3.67. The number of methoxy groups -OCH3 is 2. The van der Waals surface area contributed by atoms with Crippen LogP contribution in [0.15, 0.2) is 40.9 Å². The molecule has 0 heterocycles. The molecule has 2 aromatic carbocycles. The fraction of sp³-hybridized carbons (Fsp3) is 0.250. The number of hydrogen-bond acceptors (Lipinski definition) is 4. The molecular weight excluding hydrogens is 336 g/mol. The molecule has 2 aromatic rings. The van der Waals surface area contributed by atoms with Crippen molar-refractivity contribution in [2.75, 3.05) is 14.2 Å². The lowest BCUT2D eigenvalue weighted by Crippen LogP contribution is -2.00. The number of aliphatic hydroxyl groups is 1. The summed E-state index contributed by atoms with van der Waals surface area (Å²) >= 11 is 3.44. The van der Waals surface area contributed by atoms with E-state index in [0.717, 1.165) is 21.3 Å². The molecule has 0 fully saturated rings. The Balaban J connectivity index is 2.13. The molecule has 112 valence electrons. The van der Waals surface area contributed by atoms with Gasteiger partial charge in [-0.3, -0.25) is 0 Å². The molecule has 0 atom stereocenters. The summed E-state index contributed by atoms with van der Waals surface area (Å²) in [6.45, 7) is 0.314. The Kier molecular flexibility index (Phi) is 5.47. The maximum Gasteiger partial charge on any atom is 0.133 e. The molecule has 21 heavy (non-hydrogen) atoms. The Morgan fingerprint density at radius 3 is 2.43 bits per heavy atom. The number of rotatable bonds is 6. The maximum absolute atomic E-state index is 9.35. The third-order valence-electron chi connectivity index (χ3n) is 3.06. The van der Waals surface area contributed by atoms with Crippen LogP contribution in [-0.2, 0) is 13.2 Å². The molecule has 0 radical (unpaired) electrons. The largest absolute Gasteiger partial charge is 0.497 e. The molecule has 0 saturated heterocycles. The molecule has 0 amide bonds. The highest BCUT2D eigenvalue weighted by molar-refractivity contribution is 9.10. The molecule has 0 aromatic heterocycles. The zero-order chi connectivity index (χ0) is 15.2. The van der Waals surface area contributed by atoms with Gasteiger partial charge in [-0.15, -0.1) is 0 Å². The van der Waals surface area contributed by atoms with Crippen LogP contribution in [0.2, 0.25) is 0 Å². The highest BCUT2D eigenvalue weighted by Gasteiger charge is 2.07. The first-order valence-electron chi connectivity index (χ1n) is 6.41. The molecule has 0 bridgehead atoms. The van der Waals surface area contributed by atoms with Crippen molar-refractivity contribution in [3.8, 4) is 17.2 Å². The third kappa shape index (κ3) is 3.89. The molecular formula is C16H17BrO4. The van der Waals surface area contributed by atoms with Crippen molar-refractivity contribution >= 4 is 15.9 Å². The summed E-state index contributed by atoms with van der Waals surface area (Å²) in [5, 5.41) is 9.35. The van der Waals surface area contributed by atoms with E-state index in [-0.39, 0.29) is 6.61 Å². The van der Waals surface area contributed by atoms with Gasteiger partial charge in [0.05, 0.1) is 25.3 Å². The smallest absolute Gasteiger partial charge is 0.133 e. The normalized spacial score (nSPS) is 10.3. The molecule has 5 heteroatoms. The fourth-order valence-corrected chi connectivity index (χ4v) is 2.48. The highest BCUT2D eigenvalue weighted by Crippen LogP contribution is 2.28. The second-order valence-electron chi connectivity index (χ2n) is 4.39. The van der Waals surface area contributed by atoms with Crippen LogP contribution < -0.4 is 14.2 Å². The predicted molar refractivity (Wildman–Crippen MR) is 83.9 cm³/mol. The number of halogens is 1. The van der Waals surface area contributed by atoms with E-state index in [1.54, 1.807) is 32.4 Å². The minimum atomic E-state index is -0.0777. The second kappa shape index (κ2) is 7.33. The average Bonchev–Trinajstić information content (AvgIpc) is 2.52. The predicted octanol–water partition coefficient (Wildman–Crippen LogP) is 3.54. The standard InChI is InChI=1S/C16H17BrO4/c1-19-13-5-4-12(9-18)16(8-13)21-10-11-3-6-15(20-2)14(17)7-11/h3-8,18H,9-10H2,1-2H3. The topological polar surface area (TPSA) is 47.9 Å². The summed E-state index contributed by atoms with van der Waals surface area (Å²) in [5.74, 6) is 2.08. The van der Waals surface area contributed by atoms with Gasteiger partial charge in [-0.05, 0) is 45.8 Å². The van der Waals surface area contributed by atoms with Crippen LogP contribution in [0, 0.1) is 0 Å². The monoisotopic (exact) mass is 352 g/mol. The van der Waals surface area contributed by atoms with E-state index in [0.29, 0.717) is 18.1 Å². The highest BCUT2D eigenvalue weighted by atomic mass is 79.9. The van der Waals surface area contributed by atoms with Gasteiger partial charge in [-0.2, -0.15) is 0 Å². The van der Waals surface area contributed by atoms with Gasteiger partial charge in [0.25, 0.3) is 0 Å². The zero-order valence-corrected chi connectivity index (χ0v) is 13.5. The summed E-state index contributed by atoms with van der Waals surface area (Å²) in [5.41, 5.74) is 1.72. The van der Waals surface area contributed by atoms with E-state index in [2.05, 4.69) is 15.9 Å². The number of hydrogen-bond donors (Lipinski definition) is 1. The van der Waals surface area contributed by atoms with Gasteiger partial charge < -0.3 is 19.3 Å². The van der Waals surface area contributed by atoms with E-state index in [9.17, 15) is 5.11 Å². The van der Waals surface area contributed by atoms with E-state index in [4.69, 9.17) is 14.2 Å².